The van der Waals surface area contributed by atoms with Crippen molar-refractivity contribution in [3.05, 3.63) is 252 Å². The highest BCUT2D eigenvalue weighted by Crippen LogP contribution is 2.51. The molecule has 0 nitrogen and oxygen atoms in total. The average molecular weight is 835 g/mol. The van der Waals surface area contributed by atoms with E-state index < -0.39 is 0 Å². The van der Waals surface area contributed by atoms with Gasteiger partial charge in [-0.2, -0.15) is 0 Å². The molecule has 2 aliphatic carbocycles. The van der Waals surface area contributed by atoms with Crippen LogP contribution in [0.25, 0.3) is 77.5 Å². The summed E-state index contributed by atoms with van der Waals surface area (Å²) in [5.74, 6) is 0. The predicted octanol–water partition coefficient (Wildman–Crippen LogP) is 17.6. The van der Waals surface area contributed by atoms with Gasteiger partial charge in [-0.15, -0.1) is 0 Å². The Morgan fingerprint density at radius 1 is 0.262 bits per heavy atom. The summed E-state index contributed by atoms with van der Waals surface area (Å²) in [4.78, 5) is 0. The summed E-state index contributed by atoms with van der Waals surface area (Å²) in [6.07, 6.45) is 0. The van der Waals surface area contributed by atoms with Crippen LogP contribution in [0.1, 0.15) is 74.9 Å². The summed E-state index contributed by atoms with van der Waals surface area (Å²) in [7, 11) is 0. The Kier molecular flexibility index (Phi) is 9.63. The fraction of sp³-hybridized carbons (Fsp3) is 0.138. The standard InChI is InChI=1S/C65H54/c1-63(2,49-20-8-7-9-21-49)50-22-16-19-46(40-50)44-30-32-45(33-31-44)51-27-17-18-43(47-35-38-57-55-25-12-14-28-59(55)64(3,4)61(57)41-47)34-37-52(54-24-11-10-23-53(51)54)48-36-39-58-56-26-13-15-29-60(56)65(5,6)62(58)42-48/h7-42H,1-6H3. The van der Waals surface area contributed by atoms with Gasteiger partial charge in [0.05, 0.1) is 0 Å². The van der Waals surface area contributed by atoms with Gasteiger partial charge in [0.25, 0.3) is 0 Å². The number of hydrogen-bond acceptors (Lipinski definition) is 0. The molecule has 0 radical (unpaired) electrons. The first-order chi connectivity index (χ1) is 31.5. The highest BCUT2D eigenvalue weighted by Gasteiger charge is 2.36. The lowest BCUT2D eigenvalue weighted by atomic mass is 9.77. The first kappa shape index (κ1) is 40.5. The summed E-state index contributed by atoms with van der Waals surface area (Å²) < 4.78 is 0. The second-order valence-corrected chi connectivity index (χ2v) is 19.7. The molecule has 0 bridgehead atoms. The summed E-state index contributed by atoms with van der Waals surface area (Å²) in [5, 5.41) is 2.42. The van der Waals surface area contributed by atoms with E-state index in [0.29, 0.717) is 0 Å². The molecule has 11 rings (SSSR count). The van der Waals surface area contributed by atoms with Crippen molar-refractivity contribution < 1.29 is 0 Å². The Bertz CT molecular complexity index is 3380. The third kappa shape index (κ3) is 6.74. The Morgan fingerprint density at radius 2 is 0.646 bits per heavy atom. The van der Waals surface area contributed by atoms with E-state index in [-0.39, 0.29) is 16.2 Å². The molecule has 0 unspecified atom stereocenters. The Morgan fingerprint density at radius 3 is 1.29 bits per heavy atom. The molecule has 9 aromatic carbocycles. The van der Waals surface area contributed by atoms with Crippen molar-refractivity contribution in [2.45, 2.75) is 57.8 Å². The highest BCUT2D eigenvalue weighted by molar-refractivity contribution is 6.04. The van der Waals surface area contributed by atoms with Crippen LogP contribution in [0.3, 0.4) is 0 Å². The van der Waals surface area contributed by atoms with Crippen LogP contribution in [-0.4, -0.2) is 0 Å². The molecule has 0 saturated carbocycles. The molecular weight excluding hydrogens is 781 g/mol. The van der Waals surface area contributed by atoms with E-state index in [4.69, 9.17) is 0 Å². The molecule has 0 heteroatoms. The van der Waals surface area contributed by atoms with Gasteiger partial charge in [0.2, 0.25) is 0 Å². The largest absolute Gasteiger partial charge is 0.0622 e. The van der Waals surface area contributed by atoms with Gasteiger partial charge in [-0.1, -0.05) is 248 Å². The quantitative estimate of drug-likeness (QED) is 0.157. The minimum absolute atomic E-state index is 0.0877. The summed E-state index contributed by atoms with van der Waals surface area (Å²) >= 11 is 0. The van der Waals surface area contributed by atoms with Gasteiger partial charge in [-0.3, -0.25) is 0 Å². The monoisotopic (exact) mass is 834 g/mol. The maximum Gasteiger partial charge on any atom is 0.0159 e. The maximum atomic E-state index is 2.47. The van der Waals surface area contributed by atoms with Crippen LogP contribution in [0, 0.1) is 0 Å². The third-order valence-electron chi connectivity index (χ3n) is 14.9. The lowest BCUT2D eigenvalue weighted by Crippen LogP contribution is -2.18. The minimum atomic E-state index is -0.119. The molecule has 0 atom stereocenters. The molecule has 0 aliphatic heterocycles. The van der Waals surface area contributed by atoms with Gasteiger partial charge in [-0.25, -0.2) is 0 Å². The molecule has 0 aromatic heterocycles. The van der Waals surface area contributed by atoms with Crippen LogP contribution in [0.5, 0.6) is 0 Å². The lowest BCUT2D eigenvalue weighted by Gasteiger charge is -2.26. The second kappa shape index (κ2) is 15.5. The third-order valence-corrected chi connectivity index (χ3v) is 14.9. The van der Waals surface area contributed by atoms with Crippen LogP contribution in [0.4, 0.5) is 0 Å². The fourth-order valence-corrected chi connectivity index (χ4v) is 11.0. The summed E-state index contributed by atoms with van der Waals surface area (Å²) in [5.41, 5.74) is 22.8. The fourth-order valence-electron chi connectivity index (χ4n) is 11.0. The molecule has 0 spiro atoms. The number of benzene rings is 8. The van der Waals surface area contributed by atoms with Crippen LogP contribution in [0.2, 0.25) is 0 Å². The molecule has 65 heavy (non-hydrogen) atoms. The van der Waals surface area contributed by atoms with E-state index >= 15 is 0 Å². The van der Waals surface area contributed by atoms with Gasteiger partial charge in [-0.05, 0) is 123 Å². The smallest absolute Gasteiger partial charge is 0.0159 e. The van der Waals surface area contributed by atoms with Crippen molar-refractivity contribution in [3.8, 4) is 66.8 Å². The molecule has 9 aromatic rings. The van der Waals surface area contributed by atoms with E-state index in [9.17, 15) is 0 Å². The van der Waals surface area contributed by atoms with Gasteiger partial charge in [0, 0.05) is 16.2 Å². The molecular formula is C65H54. The van der Waals surface area contributed by atoms with Crippen molar-refractivity contribution in [1.82, 2.24) is 0 Å². The molecule has 314 valence electrons. The van der Waals surface area contributed by atoms with Crippen molar-refractivity contribution in [2.24, 2.45) is 0 Å². The Hall–Kier alpha value is -7.28. The van der Waals surface area contributed by atoms with Crippen LogP contribution in [-0.2, 0) is 16.2 Å². The predicted molar refractivity (Wildman–Crippen MR) is 277 cm³/mol. The van der Waals surface area contributed by atoms with Crippen molar-refractivity contribution in [2.75, 3.05) is 0 Å². The molecule has 0 heterocycles. The zero-order valence-electron chi connectivity index (χ0n) is 38.3. The Labute approximate surface area is 385 Å². The second-order valence-electron chi connectivity index (χ2n) is 19.7. The van der Waals surface area contributed by atoms with Crippen LogP contribution in [0.15, 0.2) is 218 Å². The zero-order valence-corrected chi connectivity index (χ0v) is 38.3. The summed E-state index contributed by atoms with van der Waals surface area (Å²) in [6, 6.07) is 81.7. The minimum Gasteiger partial charge on any atom is -0.0622 e. The van der Waals surface area contributed by atoms with E-state index in [1.54, 1.807) is 0 Å². The highest BCUT2D eigenvalue weighted by atomic mass is 14.4. The average Bonchev–Trinajstić information content (AvgIpc) is 3.71. The molecule has 2 aliphatic rings. The van der Waals surface area contributed by atoms with E-state index in [1.807, 2.05) is 0 Å². The SMILES string of the molecule is CC(C)(c1ccccc1)c1cccc(-c2ccc(-c3cccc(-c4ccc5c(c4)C(C)(C)c4ccccc4-5)ccc(-c4ccc5c(c4)C(C)(C)c4ccccc4-5)c4ccccc34)cc2)c1. The number of hydrogen-bond donors (Lipinski definition) is 0. The molecule has 0 amide bonds. The van der Waals surface area contributed by atoms with Gasteiger partial charge >= 0.3 is 0 Å². The number of fused-ring (bicyclic) bond motifs is 7. The summed E-state index contributed by atoms with van der Waals surface area (Å²) in [6.45, 7) is 14.1. The molecule has 0 fully saturated rings. The zero-order chi connectivity index (χ0) is 44.5. The van der Waals surface area contributed by atoms with E-state index in [1.165, 1.54) is 111 Å². The molecule has 0 saturated heterocycles. The lowest BCUT2D eigenvalue weighted by molar-refractivity contribution is 0.641. The first-order valence-corrected chi connectivity index (χ1v) is 23.2. The topological polar surface area (TPSA) is 0 Å². The van der Waals surface area contributed by atoms with Crippen molar-refractivity contribution in [1.29, 1.82) is 0 Å². The maximum absolute atomic E-state index is 2.47. The van der Waals surface area contributed by atoms with E-state index in [2.05, 4.69) is 260 Å². The van der Waals surface area contributed by atoms with Crippen LogP contribution < -0.4 is 0 Å². The normalized spacial score (nSPS) is 13.9. The van der Waals surface area contributed by atoms with Gasteiger partial charge in [0.15, 0.2) is 0 Å². The van der Waals surface area contributed by atoms with Gasteiger partial charge < -0.3 is 0 Å². The van der Waals surface area contributed by atoms with Crippen LogP contribution >= 0.6 is 0 Å². The van der Waals surface area contributed by atoms with E-state index in [0.717, 1.165) is 0 Å². The van der Waals surface area contributed by atoms with Gasteiger partial charge in [0.1, 0.15) is 0 Å². The number of rotatable bonds is 6. The molecule has 0 N–H and O–H groups in total. The Balaban J connectivity index is 1.09. The van der Waals surface area contributed by atoms with Crippen molar-refractivity contribution in [3.63, 3.8) is 0 Å². The van der Waals surface area contributed by atoms with Crippen molar-refractivity contribution >= 4 is 10.8 Å². The first-order valence-electron chi connectivity index (χ1n) is 23.2.